The number of fused-ring (bicyclic) bond motifs is 8. The molecule has 11 nitrogen and oxygen atoms in total. The number of rotatable bonds is 57. The first kappa shape index (κ1) is 84.2. The zero-order chi connectivity index (χ0) is 76.7. The third-order valence-electron chi connectivity index (χ3n) is 21.1. The van der Waals surface area contributed by atoms with Crippen LogP contribution in [0.2, 0.25) is 0 Å². The van der Waals surface area contributed by atoms with Crippen LogP contribution in [-0.4, -0.2) is 57.4 Å². The van der Waals surface area contributed by atoms with E-state index in [0.29, 0.717) is 88.8 Å². The Kier molecular flexibility index (Phi) is 40.2. The van der Waals surface area contributed by atoms with Crippen molar-refractivity contribution in [2.75, 3.05) is 26.4 Å². The number of unbranched alkanes of at least 4 members (excludes halogenated alkanes) is 39. The van der Waals surface area contributed by atoms with Crippen LogP contribution in [0.3, 0.4) is 0 Å². The van der Waals surface area contributed by atoms with Gasteiger partial charge in [-0.3, -0.25) is 0 Å². The third kappa shape index (κ3) is 29.5. The summed E-state index contributed by atoms with van der Waals surface area (Å²) in [4.78, 5) is 32.6. The predicted octanol–water partition coefficient (Wildman–Crippen LogP) is 28.8. The average Bonchev–Trinajstić information content (AvgIpc) is 1.71. The van der Waals surface area contributed by atoms with Crippen LogP contribution < -0.4 is 18.9 Å². The maximum Gasteiger partial charge on any atom is 0.346 e. The van der Waals surface area contributed by atoms with Gasteiger partial charge in [0.1, 0.15) is 34.6 Å². The molecule has 6 aromatic rings. The Morgan fingerprint density at radius 1 is 0.444 bits per heavy atom. The van der Waals surface area contributed by atoms with E-state index < -0.39 is 5.97 Å². The van der Waals surface area contributed by atoms with Crippen molar-refractivity contribution in [1.29, 1.82) is 5.26 Å². The molecule has 0 radical (unpaired) electrons. The fraction of sp³-hybridized carbons (Fsp3) is 0.562. The molecular formula is C96H133N5O6S. The Hall–Kier alpha value is -7.80. The lowest BCUT2D eigenvalue weighted by Gasteiger charge is -2.18. The van der Waals surface area contributed by atoms with Gasteiger partial charge in [0.05, 0.1) is 77.7 Å². The van der Waals surface area contributed by atoms with Crippen molar-refractivity contribution in [3.05, 3.63) is 122 Å². The number of carboxylic acid groups (broad SMARTS) is 1. The van der Waals surface area contributed by atoms with Crippen LogP contribution in [0.4, 0.5) is 0 Å². The zero-order valence-electron chi connectivity index (χ0n) is 68.1. The Balaban J connectivity index is 1.29. The van der Waals surface area contributed by atoms with Gasteiger partial charge in [0.15, 0.2) is 0 Å². The summed E-state index contributed by atoms with van der Waals surface area (Å²) in [6, 6.07) is 24.7. The first-order valence-corrected chi connectivity index (χ1v) is 43.9. The summed E-state index contributed by atoms with van der Waals surface area (Å²) in [5.74, 6) is 8.79. The van der Waals surface area contributed by atoms with E-state index in [1.165, 1.54) is 223 Å². The molecule has 8 rings (SSSR count). The lowest BCUT2D eigenvalue weighted by Crippen LogP contribution is -2.04. The Morgan fingerprint density at radius 2 is 0.815 bits per heavy atom. The van der Waals surface area contributed by atoms with Gasteiger partial charge >= 0.3 is 5.97 Å². The van der Waals surface area contributed by atoms with Gasteiger partial charge in [0.25, 0.3) is 0 Å². The third-order valence-corrected chi connectivity index (χ3v) is 22.1. The molecule has 12 heteroatoms. The second-order valence-electron chi connectivity index (χ2n) is 30.2. The van der Waals surface area contributed by atoms with E-state index in [9.17, 15) is 16.5 Å². The highest BCUT2D eigenvalue weighted by Gasteiger charge is 2.24. The number of aliphatic carboxylic acids is 1. The molecule has 2 aromatic carbocycles. The Bertz CT molecular complexity index is 3870. The lowest BCUT2D eigenvalue weighted by atomic mass is 10.0. The number of thiophene rings is 1. The molecule has 2 aliphatic heterocycles. The number of aryl methyl sites for hydroxylation is 1. The first-order chi connectivity index (χ1) is 53.7. The van der Waals surface area contributed by atoms with Gasteiger partial charge in [-0.25, -0.2) is 14.8 Å². The molecule has 0 aliphatic carbocycles. The average molecular weight is 1490 g/mol. The molecule has 0 saturated heterocycles. The predicted molar refractivity (Wildman–Crippen MR) is 458 cm³/mol. The van der Waals surface area contributed by atoms with Crippen molar-refractivity contribution >= 4 is 69.8 Å². The van der Waals surface area contributed by atoms with Crippen LogP contribution in [0.25, 0.3) is 74.7 Å². The summed E-state index contributed by atoms with van der Waals surface area (Å²) in [5.41, 5.74) is 9.67. The summed E-state index contributed by atoms with van der Waals surface area (Å²) < 4.78 is 38.0. The number of benzene rings is 2. The van der Waals surface area contributed by atoms with Crippen molar-refractivity contribution in [2.24, 2.45) is 0 Å². The smallest absolute Gasteiger partial charge is 0.346 e. The van der Waals surface area contributed by atoms with Crippen molar-refractivity contribution in [3.63, 3.8) is 0 Å². The number of hydrogen-bond donors (Lipinski definition) is 3. The fourth-order valence-electron chi connectivity index (χ4n) is 14.8. The van der Waals surface area contributed by atoms with Crippen LogP contribution in [0.1, 0.15) is 362 Å². The van der Waals surface area contributed by atoms with Crippen LogP contribution in [0.15, 0.2) is 78.3 Å². The Morgan fingerprint density at radius 3 is 1.24 bits per heavy atom. The molecule has 0 fully saturated rings. The maximum absolute atomic E-state index is 12.4. The molecule has 108 heavy (non-hydrogen) atoms. The highest BCUT2D eigenvalue weighted by atomic mass is 32.1. The molecule has 0 amide bonds. The van der Waals surface area contributed by atoms with E-state index in [1.807, 2.05) is 48.6 Å². The maximum atomic E-state index is 12.4. The van der Waals surface area contributed by atoms with Gasteiger partial charge in [0, 0.05) is 32.6 Å². The van der Waals surface area contributed by atoms with Crippen molar-refractivity contribution in [2.45, 2.75) is 324 Å². The van der Waals surface area contributed by atoms with E-state index in [-0.39, 0.29) is 11.6 Å². The molecule has 584 valence electrons. The SMILES string of the molecule is [2H]c1c2nc(c(-c3c(OCCCCCCCCCCCC)cccc3OCCCCCCCCCCCC)c3ccc([nH]3)c(C#Cc3cc(CCCCCC)c(/C=C(\C#N)C(=O)O)s3)c3nc(c(-c4c(OCCCCCCCCCCCC)cccc4OCCCCCCCCCCCC)c4ccc1[nH]4)C=C3)C=C2. The van der Waals surface area contributed by atoms with E-state index in [2.05, 4.69) is 105 Å². The number of hydrogen-bond acceptors (Lipinski definition) is 9. The van der Waals surface area contributed by atoms with E-state index in [4.69, 9.17) is 28.9 Å². The molecule has 0 spiro atoms. The molecule has 2 aliphatic rings. The molecule has 0 atom stereocenters. The second-order valence-corrected chi connectivity index (χ2v) is 31.3. The van der Waals surface area contributed by atoms with Gasteiger partial charge in [-0.2, -0.15) is 5.26 Å². The number of nitrogens with one attached hydrogen (secondary N) is 2. The van der Waals surface area contributed by atoms with Gasteiger partial charge in [-0.15, -0.1) is 11.3 Å². The van der Waals surface area contributed by atoms with Crippen LogP contribution >= 0.6 is 11.3 Å². The standard InChI is InChI=1S/C96H133N5O6S/c1-6-11-16-21-25-29-33-37-41-46-67-104-87-53-50-54-88(105-68-47-42-38-34-30-26-22-17-12-7-2)94(87)92-83-61-57-77(98-83)73-78-58-62-84(99-78)93(95-89(106-69-48-43-39-35-31-27-23-18-13-8-3)55-51-56-90(95)107-70-49-44-40-36-32-28-24-19-14-9-4)86-66-64-82(101-86)80(81-63-65-85(92)100-81)60-59-79-71-75(52-45-20-15-10-5)91(108-79)72-76(74-97)96(102)103/h50-51,53-58,61-66,71-73,98,101H,6-49,52,67-70H2,1-5H3,(H,102,103)/b76-72+,77-73?,78-73?,81-80?,82-80?,92-83?,92-85?,93-84?,93-86?/i73D. The molecule has 6 heterocycles. The second kappa shape index (κ2) is 51.6. The van der Waals surface area contributed by atoms with E-state index in [0.717, 1.165) is 132 Å². The fourth-order valence-corrected chi connectivity index (χ4v) is 15.8. The number of nitriles is 1. The van der Waals surface area contributed by atoms with E-state index in [1.54, 1.807) is 0 Å². The topological polar surface area (TPSA) is 155 Å². The van der Waals surface area contributed by atoms with Crippen LogP contribution in [-0.2, 0) is 11.2 Å². The van der Waals surface area contributed by atoms with Crippen molar-refractivity contribution < 1.29 is 30.2 Å². The number of nitrogens with zero attached hydrogens (tertiary/aromatic N) is 3. The minimum atomic E-state index is -1.26. The number of carboxylic acids is 1. The normalized spacial score (nSPS) is 12.0. The van der Waals surface area contributed by atoms with Crippen molar-refractivity contribution in [1.82, 2.24) is 19.9 Å². The summed E-state index contributed by atoms with van der Waals surface area (Å²) >= 11 is 1.40. The summed E-state index contributed by atoms with van der Waals surface area (Å²) in [5, 5.41) is 20.1. The minimum absolute atomic E-state index is 0.242. The quantitative estimate of drug-likeness (QED) is 0.0146. The summed E-state index contributed by atoms with van der Waals surface area (Å²) in [7, 11) is 0. The number of ether oxygens (including phenoxy) is 4. The largest absolute Gasteiger partial charge is 0.493 e. The molecule has 0 unspecified atom stereocenters. The zero-order valence-corrected chi connectivity index (χ0v) is 67.9. The molecule has 3 N–H and O–H groups in total. The lowest BCUT2D eigenvalue weighted by molar-refractivity contribution is -0.132. The highest BCUT2D eigenvalue weighted by molar-refractivity contribution is 7.13. The van der Waals surface area contributed by atoms with Crippen LogP contribution in [0, 0.1) is 23.2 Å². The molecule has 4 aromatic heterocycles. The highest BCUT2D eigenvalue weighted by Crippen LogP contribution is 2.46. The monoisotopic (exact) mass is 1490 g/mol. The number of aromatic amines is 2. The van der Waals surface area contributed by atoms with E-state index >= 15 is 0 Å². The molecule has 8 bridgehead atoms. The van der Waals surface area contributed by atoms with Crippen molar-refractivity contribution in [3.8, 4) is 63.2 Å². The number of aromatic nitrogens is 4. The summed E-state index contributed by atoms with van der Waals surface area (Å²) in [6.07, 6.45) is 63.4. The van der Waals surface area contributed by atoms with Gasteiger partial charge in [0.2, 0.25) is 0 Å². The van der Waals surface area contributed by atoms with Gasteiger partial charge in [-0.05, 0) is 135 Å². The van der Waals surface area contributed by atoms with Crippen LogP contribution in [0.5, 0.6) is 23.0 Å². The minimum Gasteiger partial charge on any atom is -0.493 e. The van der Waals surface area contributed by atoms with Gasteiger partial charge in [-0.1, -0.05) is 309 Å². The number of carbonyl (C=O) groups is 1. The summed E-state index contributed by atoms with van der Waals surface area (Å²) in [6.45, 7) is 13.5. The number of H-pyrrole nitrogens is 2. The first-order valence-electron chi connectivity index (χ1n) is 43.6. The molecule has 0 saturated carbocycles. The Labute approximate surface area is 656 Å². The molecular weight excluding hydrogens is 1350 g/mol. The van der Waals surface area contributed by atoms with Gasteiger partial charge < -0.3 is 34.0 Å².